The van der Waals surface area contributed by atoms with Crippen LogP contribution in [0.25, 0.3) is 0 Å². The van der Waals surface area contributed by atoms with Gasteiger partial charge in [-0.1, -0.05) is 25.4 Å². The fraction of sp³-hybridized carbons (Fsp3) is 0.625. The summed E-state index contributed by atoms with van der Waals surface area (Å²) in [6.45, 7) is 8.66. The van der Waals surface area contributed by atoms with Gasteiger partial charge in [-0.05, 0) is 50.2 Å². The molecule has 1 aromatic rings. The van der Waals surface area contributed by atoms with Crippen molar-refractivity contribution in [3.05, 3.63) is 28.0 Å². The van der Waals surface area contributed by atoms with Crippen molar-refractivity contribution in [2.45, 2.75) is 40.5 Å². The average Bonchev–Trinajstić information content (AvgIpc) is 2.34. The zero-order valence-corrected chi connectivity index (χ0v) is 14.0. The zero-order chi connectivity index (χ0) is 16.0. The Morgan fingerprint density at radius 1 is 1.43 bits per heavy atom. The largest absolute Gasteiger partial charge is 0.396 e. The molecule has 118 valence electrons. The average molecular weight is 313 g/mol. The lowest BCUT2D eigenvalue weighted by Gasteiger charge is -2.19. The number of aromatic nitrogens is 1. The molecular weight excluding hydrogens is 288 g/mol. The molecule has 0 radical (unpaired) electrons. The molecule has 2 N–H and O–H groups in total. The topological polar surface area (TPSA) is 62.2 Å². The second-order valence-corrected chi connectivity index (χ2v) is 6.32. The highest BCUT2D eigenvalue weighted by atomic mass is 35.5. The number of amides is 1. The molecule has 1 atom stereocenters. The van der Waals surface area contributed by atoms with E-state index in [2.05, 4.69) is 24.1 Å². The van der Waals surface area contributed by atoms with Gasteiger partial charge in [0.1, 0.15) is 5.15 Å². The number of carbonyl (C=O) groups excluding carboxylic acids is 1. The summed E-state index contributed by atoms with van der Waals surface area (Å²) in [7, 11) is 0. The number of hydrogen-bond acceptors (Lipinski definition) is 3. The number of nitrogens with zero attached hydrogens (tertiary/aromatic N) is 1. The van der Waals surface area contributed by atoms with Crippen molar-refractivity contribution >= 4 is 17.5 Å². The van der Waals surface area contributed by atoms with Crippen molar-refractivity contribution in [1.29, 1.82) is 0 Å². The Bertz CT molecular complexity index is 466. The van der Waals surface area contributed by atoms with E-state index in [-0.39, 0.29) is 23.6 Å². The molecule has 1 unspecified atom stereocenters. The van der Waals surface area contributed by atoms with E-state index in [0.717, 1.165) is 17.7 Å². The van der Waals surface area contributed by atoms with Crippen molar-refractivity contribution in [3.8, 4) is 0 Å². The quantitative estimate of drug-likeness (QED) is 0.760. The van der Waals surface area contributed by atoms with Crippen LogP contribution in [-0.2, 0) is 0 Å². The second kappa shape index (κ2) is 8.35. The predicted molar refractivity (Wildman–Crippen MR) is 85.7 cm³/mol. The lowest BCUT2D eigenvalue weighted by atomic mass is 9.94. The predicted octanol–water partition coefficient (Wildman–Crippen LogP) is 3.13. The van der Waals surface area contributed by atoms with Gasteiger partial charge in [0.15, 0.2) is 0 Å². The number of rotatable bonds is 7. The van der Waals surface area contributed by atoms with E-state index in [1.54, 1.807) is 0 Å². The molecular formula is C16H25ClN2O2. The molecule has 1 aromatic heterocycles. The van der Waals surface area contributed by atoms with E-state index in [9.17, 15) is 4.79 Å². The lowest BCUT2D eigenvalue weighted by molar-refractivity contribution is 0.0940. The molecule has 1 rings (SSSR count). The van der Waals surface area contributed by atoms with Crippen molar-refractivity contribution in [2.24, 2.45) is 11.8 Å². The Morgan fingerprint density at radius 3 is 2.62 bits per heavy atom. The van der Waals surface area contributed by atoms with E-state index in [1.165, 1.54) is 0 Å². The molecule has 0 aliphatic heterocycles. The maximum absolute atomic E-state index is 12.3. The highest BCUT2D eigenvalue weighted by Gasteiger charge is 2.17. The summed E-state index contributed by atoms with van der Waals surface area (Å²) >= 11 is 6.08. The third kappa shape index (κ3) is 5.64. The van der Waals surface area contributed by atoms with Crippen LogP contribution in [0.4, 0.5) is 0 Å². The van der Waals surface area contributed by atoms with Crippen LogP contribution in [0.15, 0.2) is 6.07 Å². The Morgan fingerprint density at radius 2 is 2.10 bits per heavy atom. The normalized spacial score (nSPS) is 12.5. The summed E-state index contributed by atoms with van der Waals surface area (Å²) < 4.78 is 0. The number of hydrogen-bond donors (Lipinski definition) is 2. The van der Waals surface area contributed by atoms with Crippen molar-refractivity contribution in [2.75, 3.05) is 13.2 Å². The number of pyridine rings is 1. The number of carbonyl (C=O) groups is 1. The summed E-state index contributed by atoms with van der Waals surface area (Å²) in [6.07, 6.45) is 1.66. The summed E-state index contributed by atoms with van der Waals surface area (Å²) in [6, 6.07) is 1.85. The molecule has 1 amide bonds. The van der Waals surface area contributed by atoms with Crippen LogP contribution in [0.1, 0.15) is 48.3 Å². The smallest absolute Gasteiger partial charge is 0.254 e. The van der Waals surface area contributed by atoms with Crippen LogP contribution in [0.5, 0.6) is 0 Å². The molecule has 0 saturated carbocycles. The van der Waals surface area contributed by atoms with Gasteiger partial charge in [0, 0.05) is 18.8 Å². The van der Waals surface area contributed by atoms with Crippen LogP contribution >= 0.6 is 11.6 Å². The van der Waals surface area contributed by atoms with E-state index < -0.39 is 0 Å². The van der Waals surface area contributed by atoms with Crippen LogP contribution in [0.2, 0.25) is 5.15 Å². The van der Waals surface area contributed by atoms with Gasteiger partial charge in [0.25, 0.3) is 5.91 Å². The minimum absolute atomic E-state index is 0.138. The minimum Gasteiger partial charge on any atom is -0.396 e. The number of halogens is 1. The van der Waals surface area contributed by atoms with Gasteiger partial charge in [0.05, 0.1) is 5.56 Å². The first-order valence-corrected chi connectivity index (χ1v) is 7.75. The van der Waals surface area contributed by atoms with Crippen LogP contribution in [-0.4, -0.2) is 29.1 Å². The Kier molecular flexibility index (Phi) is 7.12. The van der Waals surface area contributed by atoms with Crippen LogP contribution in [0, 0.1) is 25.7 Å². The molecule has 0 aromatic carbocycles. The SMILES string of the molecule is Cc1cc(C)c(C(=O)NCC(CCO)CC(C)C)c(Cl)n1. The first-order chi connectivity index (χ1) is 9.85. The fourth-order valence-electron chi connectivity index (χ4n) is 2.54. The van der Waals surface area contributed by atoms with Gasteiger partial charge in [-0.25, -0.2) is 4.98 Å². The molecule has 1 heterocycles. The van der Waals surface area contributed by atoms with Crippen LogP contribution in [0.3, 0.4) is 0 Å². The molecule has 0 fully saturated rings. The molecule has 0 saturated heterocycles. The van der Waals surface area contributed by atoms with Gasteiger partial charge < -0.3 is 10.4 Å². The van der Waals surface area contributed by atoms with Gasteiger partial charge >= 0.3 is 0 Å². The molecule has 0 bridgehead atoms. The third-order valence-electron chi connectivity index (χ3n) is 3.42. The van der Waals surface area contributed by atoms with Gasteiger partial charge in [-0.2, -0.15) is 0 Å². The molecule has 5 heteroatoms. The number of aliphatic hydroxyl groups is 1. The molecule has 4 nitrogen and oxygen atoms in total. The Balaban J connectivity index is 2.72. The summed E-state index contributed by atoms with van der Waals surface area (Å²) in [4.78, 5) is 16.4. The number of aliphatic hydroxyl groups excluding tert-OH is 1. The fourth-order valence-corrected chi connectivity index (χ4v) is 2.91. The first kappa shape index (κ1) is 17.9. The standard InChI is InChI=1S/C16H25ClN2O2/c1-10(2)7-13(5-6-20)9-18-16(21)14-11(3)8-12(4)19-15(14)17/h8,10,13,20H,5-7,9H2,1-4H3,(H,18,21). The summed E-state index contributed by atoms with van der Waals surface area (Å²) in [5.41, 5.74) is 2.06. The summed E-state index contributed by atoms with van der Waals surface area (Å²) in [5, 5.41) is 12.3. The highest BCUT2D eigenvalue weighted by molar-refractivity contribution is 6.32. The van der Waals surface area contributed by atoms with Gasteiger partial charge in [0.2, 0.25) is 0 Å². The van der Waals surface area contributed by atoms with Crippen LogP contribution < -0.4 is 5.32 Å². The number of aryl methyl sites for hydroxylation is 2. The van der Waals surface area contributed by atoms with Crippen molar-refractivity contribution < 1.29 is 9.90 Å². The monoisotopic (exact) mass is 312 g/mol. The molecule has 0 spiro atoms. The van der Waals surface area contributed by atoms with E-state index in [0.29, 0.717) is 24.4 Å². The van der Waals surface area contributed by atoms with E-state index >= 15 is 0 Å². The molecule has 0 aliphatic carbocycles. The molecule has 21 heavy (non-hydrogen) atoms. The Hall–Kier alpha value is -1.13. The maximum Gasteiger partial charge on any atom is 0.254 e. The molecule has 0 aliphatic rings. The first-order valence-electron chi connectivity index (χ1n) is 7.38. The highest BCUT2D eigenvalue weighted by Crippen LogP contribution is 2.19. The second-order valence-electron chi connectivity index (χ2n) is 5.96. The maximum atomic E-state index is 12.3. The summed E-state index contributed by atoms with van der Waals surface area (Å²) in [5.74, 6) is 0.609. The van der Waals surface area contributed by atoms with Crippen molar-refractivity contribution in [3.63, 3.8) is 0 Å². The van der Waals surface area contributed by atoms with E-state index in [4.69, 9.17) is 16.7 Å². The van der Waals surface area contributed by atoms with Gasteiger partial charge in [-0.3, -0.25) is 4.79 Å². The number of nitrogens with one attached hydrogen (secondary N) is 1. The Labute approximate surface area is 131 Å². The van der Waals surface area contributed by atoms with E-state index in [1.807, 2.05) is 19.9 Å². The van der Waals surface area contributed by atoms with Gasteiger partial charge in [-0.15, -0.1) is 0 Å². The van der Waals surface area contributed by atoms with Crippen molar-refractivity contribution in [1.82, 2.24) is 10.3 Å². The minimum atomic E-state index is -0.198. The zero-order valence-electron chi connectivity index (χ0n) is 13.2. The third-order valence-corrected chi connectivity index (χ3v) is 3.69. The lowest BCUT2D eigenvalue weighted by Crippen LogP contribution is -2.31.